The summed E-state index contributed by atoms with van der Waals surface area (Å²) in [4.78, 5) is 13.9. The maximum atomic E-state index is 11.7. The summed E-state index contributed by atoms with van der Waals surface area (Å²) >= 11 is 0. The summed E-state index contributed by atoms with van der Waals surface area (Å²) in [6.45, 7) is 6.94. The lowest BCUT2D eigenvalue weighted by Crippen LogP contribution is -2.48. The van der Waals surface area contributed by atoms with Crippen LogP contribution in [0.4, 0.5) is 0 Å². The molecule has 1 saturated carbocycles. The van der Waals surface area contributed by atoms with Crippen LogP contribution in [0.15, 0.2) is 0 Å². The van der Waals surface area contributed by atoms with E-state index in [1.165, 1.54) is 19.3 Å². The molecule has 1 amide bonds. The zero-order chi connectivity index (χ0) is 12.0. The fourth-order valence-corrected chi connectivity index (χ4v) is 1.87. The fraction of sp³-hybridized carbons (Fsp3) is 0.917. The molecule has 0 unspecified atom stereocenters. The van der Waals surface area contributed by atoms with Gasteiger partial charge in [-0.25, -0.2) is 0 Å². The van der Waals surface area contributed by atoms with Crippen LogP contribution >= 0.6 is 0 Å². The summed E-state index contributed by atoms with van der Waals surface area (Å²) in [7, 11) is 0. The van der Waals surface area contributed by atoms with Gasteiger partial charge in [0, 0.05) is 25.7 Å². The van der Waals surface area contributed by atoms with Crippen molar-refractivity contribution in [2.75, 3.05) is 26.2 Å². The number of hydrogen-bond donors (Lipinski definition) is 2. The van der Waals surface area contributed by atoms with Crippen molar-refractivity contribution in [1.82, 2.24) is 10.2 Å². The fourth-order valence-electron chi connectivity index (χ4n) is 1.87. The Hall–Kier alpha value is -0.610. The van der Waals surface area contributed by atoms with Gasteiger partial charge in [0.25, 0.3) is 0 Å². The zero-order valence-electron chi connectivity index (χ0n) is 10.5. The Balaban J connectivity index is 2.26. The molecule has 0 aromatic heterocycles. The average Bonchev–Trinajstić information content (AvgIpc) is 2.12. The van der Waals surface area contributed by atoms with Crippen molar-refractivity contribution in [2.45, 2.75) is 39.2 Å². The molecule has 3 N–H and O–H groups in total. The second-order valence-corrected chi connectivity index (χ2v) is 5.04. The van der Waals surface area contributed by atoms with Gasteiger partial charge in [-0.1, -0.05) is 20.3 Å². The van der Waals surface area contributed by atoms with Crippen LogP contribution in [-0.2, 0) is 4.79 Å². The zero-order valence-corrected chi connectivity index (χ0v) is 10.5. The van der Waals surface area contributed by atoms with Crippen molar-refractivity contribution < 1.29 is 4.79 Å². The van der Waals surface area contributed by atoms with Crippen molar-refractivity contribution in [3.63, 3.8) is 0 Å². The number of nitrogens with two attached hydrogens (primary N) is 1. The maximum absolute atomic E-state index is 11.7. The molecule has 16 heavy (non-hydrogen) atoms. The molecule has 1 aliphatic carbocycles. The van der Waals surface area contributed by atoms with Gasteiger partial charge in [-0.3, -0.25) is 9.69 Å². The number of amides is 1. The highest BCUT2D eigenvalue weighted by Crippen LogP contribution is 2.23. The van der Waals surface area contributed by atoms with Gasteiger partial charge in [0.05, 0.1) is 6.54 Å². The highest BCUT2D eigenvalue weighted by Gasteiger charge is 2.25. The van der Waals surface area contributed by atoms with Crippen LogP contribution in [0.2, 0.25) is 0 Å². The average molecular weight is 227 g/mol. The molecule has 0 heterocycles. The standard InChI is InChI=1S/C12H25N3O/c1-10(2)8-14-12(16)9-15(7-6-13)11-4-3-5-11/h10-11H,3-9,13H2,1-2H3,(H,14,16). The number of rotatable bonds is 7. The molecule has 0 atom stereocenters. The Kier molecular flexibility index (Phi) is 5.77. The highest BCUT2D eigenvalue weighted by atomic mass is 16.2. The van der Waals surface area contributed by atoms with Gasteiger partial charge in [-0.2, -0.15) is 0 Å². The molecule has 94 valence electrons. The lowest BCUT2D eigenvalue weighted by molar-refractivity contribution is -0.123. The van der Waals surface area contributed by atoms with Crippen molar-refractivity contribution >= 4 is 5.91 Å². The minimum absolute atomic E-state index is 0.133. The minimum atomic E-state index is 0.133. The van der Waals surface area contributed by atoms with Crippen molar-refractivity contribution in [2.24, 2.45) is 11.7 Å². The number of nitrogens with one attached hydrogen (secondary N) is 1. The van der Waals surface area contributed by atoms with E-state index in [9.17, 15) is 4.79 Å². The van der Waals surface area contributed by atoms with Gasteiger partial charge in [0.2, 0.25) is 5.91 Å². The van der Waals surface area contributed by atoms with E-state index in [-0.39, 0.29) is 5.91 Å². The van der Waals surface area contributed by atoms with E-state index in [4.69, 9.17) is 5.73 Å². The van der Waals surface area contributed by atoms with Crippen LogP contribution in [0.25, 0.3) is 0 Å². The van der Waals surface area contributed by atoms with E-state index >= 15 is 0 Å². The molecule has 0 aromatic carbocycles. The Bertz CT molecular complexity index is 214. The van der Waals surface area contributed by atoms with Crippen LogP contribution in [0, 0.1) is 5.92 Å². The van der Waals surface area contributed by atoms with Gasteiger partial charge in [-0.05, 0) is 18.8 Å². The lowest BCUT2D eigenvalue weighted by Gasteiger charge is -2.36. The second kappa shape index (κ2) is 6.86. The number of carbonyl (C=O) groups is 1. The molecule has 0 spiro atoms. The number of nitrogens with zero attached hydrogens (tertiary/aromatic N) is 1. The number of hydrogen-bond acceptors (Lipinski definition) is 3. The van der Waals surface area contributed by atoms with Crippen molar-refractivity contribution in [3.05, 3.63) is 0 Å². The monoisotopic (exact) mass is 227 g/mol. The third kappa shape index (κ3) is 4.49. The topological polar surface area (TPSA) is 58.4 Å². The van der Waals surface area contributed by atoms with Crippen LogP contribution in [-0.4, -0.2) is 43.0 Å². The normalized spacial score (nSPS) is 16.6. The van der Waals surface area contributed by atoms with Gasteiger partial charge in [0.1, 0.15) is 0 Å². The quantitative estimate of drug-likeness (QED) is 0.668. The summed E-state index contributed by atoms with van der Waals surface area (Å²) in [6.07, 6.45) is 3.73. The molecule has 0 aromatic rings. The molecule has 0 radical (unpaired) electrons. The molecule has 4 nitrogen and oxygen atoms in total. The summed E-state index contributed by atoms with van der Waals surface area (Å²) in [5, 5.41) is 2.95. The summed E-state index contributed by atoms with van der Waals surface area (Å²) in [6, 6.07) is 0.591. The van der Waals surface area contributed by atoms with E-state index < -0.39 is 0 Å². The Morgan fingerprint density at radius 3 is 2.62 bits per heavy atom. The first-order chi connectivity index (χ1) is 7.63. The first-order valence-electron chi connectivity index (χ1n) is 6.34. The number of carbonyl (C=O) groups excluding carboxylic acids is 1. The van der Waals surface area contributed by atoms with Gasteiger partial charge < -0.3 is 11.1 Å². The van der Waals surface area contributed by atoms with Crippen molar-refractivity contribution in [1.29, 1.82) is 0 Å². The maximum Gasteiger partial charge on any atom is 0.234 e. The molecule has 0 aliphatic heterocycles. The summed E-state index contributed by atoms with van der Waals surface area (Å²) in [5.74, 6) is 0.643. The van der Waals surface area contributed by atoms with Crippen LogP contribution in [0.5, 0.6) is 0 Å². The van der Waals surface area contributed by atoms with E-state index in [0.29, 0.717) is 25.0 Å². The predicted molar refractivity (Wildman–Crippen MR) is 66.1 cm³/mol. The Morgan fingerprint density at radius 1 is 1.50 bits per heavy atom. The van der Waals surface area contributed by atoms with Crippen LogP contribution in [0.3, 0.4) is 0 Å². The molecular weight excluding hydrogens is 202 g/mol. The lowest BCUT2D eigenvalue weighted by atomic mass is 9.91. The molecule has 0 bridgehead atoms. The Labute approximate surface area is 98.6 Å². The highest BCUT2D eigenvalue weighted by molar-refractivity contribution is 5.78. The Morgan fingerprint density at radius 2 is 2.19 bits per heavy atom. The second-order valence-electron chi connectivity index (χ2n) is 5.04. The van der Waals surface area contributed by atoms with Gasteiger partial charge in [-0.15, -0.1) is 0 Å². The van der Waals surface area contributed by atoms with E-state index in [1.54, 1.807) is 0 Å². The molecular formula is C12H25N3O. The minimum Gasteiger partial charge on any atom is -0.355 e. The molecule has 0 saturated heterocycles. The third-order valence-electron chi connectivity index (χ3n) is 3.06. The summed E-state index contributed by atoms with van der Waals surface area (Å²) in [5.41, 5.74) is 5.57. The van der Waals surface area contributed by atoms with E-state index in [2.05, 4.69) is 24.1 Å². The van der Waals surface area contributed by atoms with Gasteiger partial charge >= 0.3 is 0 Å². The smallest absolute Gasteiger partial charge is 0.234 e. The van der Waals surface area contributed by atoms with Crippen LogP contribution in [0.1, 0.15) is 33.1 Å². The van der Waals surface area contributed by atoms with Crippen LogP contribution < -0.4 is 11.1 Å². The molecule has 1 aliphatic rings. The predicted octanol–water partition coefficient (Wildman–Crippen LogP) is 0.572. The molecule has 1 rings (SSSR count). The molecule has 4 heteroatoms. The first-order valence-corrected chi connectivity index (χ1v) is 6.34. The van der Waals surface area contributed by atoms with E-state index in [1.807, 2.05) is 0 Å². The largest absolute Gasteiger partial charge is 0.355 e. The molecule has 1 fully saturated rings. The summed E-state index contributed by atoms with van der Waals surface area (Å²) < 4.78 is 0. The SMILES string of the molecule is CC(C)CNC(=O)CN(CCN)C1CCC1. The van der Waals surface area contributed by atoms with E-state index in [0.717, 1.165) is 13.1 Å². The first kappa shape index (κ1) is 13.5. The van der Waals surface area contributed by atoms with Crippen molar-refractivity contribution in [3.8, 4) is 0 Å². The third-order valence-corrected chi connectivity index (χ3v) is 3.06. The van der Waals surface area contributed by atoms with Gasteiger partial charge in [0.15, 0.2) is 0 Å².